The van der Waals surface area contributed by atoms with E-state index in [1.165, 1.54) is 0 Å². The molecule has 0 amide bonds. The number of piperidine rings is 1. The van der Waals surface area contributed by atoms with Crippen molar-refractivity contribution in [2.75, 3.05) is 26.2 Å². The van der Waals surface area contributed by atoms with Crippen molar-refractivity contribution in [3.63, 3.8) is 0 Å². The van der Waals surface area contributed by atoms with Crippen LogP contribution in [-0.2, 0) is 10.0 Å². The van der Waals surface area contributed by atoms with Gasteiger partial charge in [-0.25, -0.2) is 8.42 Å². The minimum absolute atomic E-state index is 0.137. The van der Waals surface area contributed by atoms with Crippen LogP contribution in [0.2, 0.25) is 0 Å². The normalized spacial score (nSPS) is 18.3. The highest BCUT2D eigenvalue weighted by Crippen LogP contribution is 2.22. The van der Waals surface area contributed by atoms with Gasteiger partial charge in [-0.2, -0.15) is 4.31 Å². The van der Waals surface area contributed by atoms with Crippen molar-refractivity contribution in [1.29, 1.82) is 0 Å². The van der Waals surface area contributed by atoms with E-state index in [1.54, 1.807) is 16.4 Å². The van der Waals surface area contributed by atoms with Crippen molar-refractivity contribution in [3.05, 3.63) is 29.8 Å². The first-order valence-electron chi connectivity index (χ1n) is 8.00. The smallest absolute Gasteiger partial charge is 0.243 e. The van der Waals surface area contributed by atoms with E-state index in [0.29, 0.717) is 24.4 Å². The first-order valence-corrected chi connectivity index (χ1v) is 9.44. The molecule has 6 heteroatoms. The van der Waals surface area contributed by atoms with Crippen LogP contribution < -0.4 is 5.32 Å². The Balaban J connectivity index is 2.04. The highest BCUT2D eigenvalue weighted by atomic mass is 32.2. The van der Waals surface area contributed by atoms with Crippen molar-refractivity contribution in [1.82, 2.24) is 9.62 Å². The molecular weight excluding hydrogens is 300 g/mol. The minimum Gasteiger partial charge on any atom is -0.396 e. The minimum atomic E-state index is -3.35. The van der Waals surface area contributed by atoms with Crippen molar-refractivity contribution in [3.8, 4) is 0 Å². The predicted molar refractivity (Wildman–Crippen MR) is 87.2 cm³/mol. The Morgan fingerprint density at radius 1 is 1.18 bits per heavy atom. The van der Waals surface area contributed by atoms with Gasteiger partial charge < -0.3 is 10.4 Å². The molecule has 2 N–H and O–H groups in total. The molecule has 1 saturated heterocycles. The van der Waals surface area contributed by atoms with Gasteiger partial charge in [0.2, 0.25) is 10.0 Å². The average Bonchev–Trinajstić information content (AvgIpc) is 2.56. The highest BCUT2D eigenvalue weighted by Gasteiger charge is 2.25. The van der Waals surface area contributed by atoms with Gasteiger partial charge in [0.25, 0.3) is 0 Å². The van der Waals surface area contributed by atoms with Crippen molar-refractivity contribution in [2.24, 2.45) is 0 Å². The van der Waals surface area contributed by atoms with Gasteiger partial charge >= 0.3 is 0 Å². The van der Waals surface area contributed by atoms with Gasteiger partial charge in [0.15, 0.2) is 0 Å². The van der Waals surface area contributed by atoms with E-state index in [1.807, 2.05) is 19.1 Å². The maximum atomic E-state index is 12.6. The summed E-state index contributed by atoms with van der Waals surface area (Å²) in [6.07, 6.45) is 3.72. The summed E-state index contributed by atoms with van der Waals surface area (Å²) >= 11 is 0. The van der Waals surface area contributed by atoms with E-state index in [-0.39, 0.29) is 12.6 Å². The van der Waals surface area contributed by atoms with Crippen molar-refractivity contribution >= 4 is 10.0 Å². The number of aliphatic hydroxyl groups is 1. The molecule has 1 unspecified atom stereocenters. The molecule has 0 aliphatic carbocycles. The standard InChI is InChI=1S/C16H26N2O3S/c1-14(17-10-5-13-19)15-6-8-16(9-7-15)22(20,21)18-11-3-2-4-12-18/h6-9,14,17,19H,2-5,10-13H2,1H3. The molecule has 22 heavy (non-hydrogen) atoms. The van der Waals surface area contributed by atoms with E-state index >= 15 is 0 Å². The fourth-order valence-electron chi connectivity index (χ4n) is 2.70. The number of sulfonamides is 1. The molecule has 1 heterocycles. The number of nitrogens with one attached hydrogen (secondary N) is 1. The molecule has 0 bridgehead atoms. The summed E-state index contributed by atoms with van der Waals surface area (Å²) in [6.45, 7) is 4.20. The molecule has 0 saturated carbocycles. The second-order valence-electron chi connectivity index (χ2n) is 5.79. The van der Waals surface area contributed by atoms with Gasteiger partial charge in [-0.1, -0.05) is 18.6 Å². The van der Waals surface area contributed by atoms with Crippen LogP contribution in [0.1, 0.15) is 44.2 Å². The van der Waals surface area contributed by atoms with Crippen LogP contribution in [0.25, 0.3) is 0 Å². The topological polar surface area (TPSA) is 69.6 Å². The van der Waals surface area contributed by atoms with E-state index in [0.717, 1.165) is 31.4 Å². The summed E-state index contributed by atoms with van der Waals surface area (Å²) in [6, 6.07) is 7.27. The molecule has 124 valence electrons. The second kappa shape index (κ2) is 8.06. The van der Waals surface area contributed by atoms with Crippen molar-refractivity contribution in [2.45, 2.75) is 43.5 Å². The molecule has 0 aromatic heterocycles. The van der Waals surface area contributed by atoms with Gasteiger partial charge in [0.05, 0.1) is 4.90 Å². The Hall–Kier alpha value is -0.950. The zero-order valence-corrected chi connectivity index (χ0v) is 14.0. The maximum Gasteiger partial charge on any atom is 0.243 e. The lowest BCUT2D eigenvalue weighted by Gasteiger charge is -2.26. The van der Waals surface area contributed by atoms with E-state index < -0.39 is 10.0 Å². The number of hydrogen-bond acceptors (Lipinski definition) is 4. The van der Waals surface area contributed by atoms with E-state index in [2.05, 4.69) is 5.32 Å². The van der Waals surface area contributed by atoms with Gasteiger partial charge in [-0.15, -0.1) is 0 Å². The lowest BCUT2D eigenvalue weighted by atomic mass is 10.1. The van der Waals surface area contributed by atoms with Gasteiger partial charge in [0.1, 0.15) is 0 Å². The SMILES string of the molecule is CC(NCCCO)c1ccc(S(=O)(=O)N2CCCCC2)cc1. The summed E-state index contributed by atoms with van der Waals surface area (Å²) in [4.78, 5) is 0.376. The largest absolute Gasteiger partial charge is 0.396 e. The number of rotatable bonds is 7. The highest BCUT2D eigenvalue weighted by molar-refractivity contribution is 7.89. The summed E-state index contributed by atoms with van der Waals surface area (Å²) < 4.78 is 26.7. The summed E-state index contributed by atoms with van der Waals surface area (Å²) in [5.74, 6) is 0. The van der Waals surface area contributed by atoms with Crippen LogP contribution in [-0.4, -0.2) is 44.1 Å². The van der Waals surface area contributed by atoms with Crippen molar-refractivity contribution < 1.29 is 13.5 Å². The third-order valence-electron chi connectivity index (χ3n) is 4.12. The molecular formula is C16H26N2O3S. The first kappa shape index (κ1) is 17.4. The molecule has 5 nitrogen and oxygen atoms in total. The molecule has 1 aromatic rings. The zero-order chi connectivity index (χ0) is 16.0. The molecule has 1 fully saturated rings. The Labute approximate surface area is 133 Å². The summed E-state index contributed by atoms with van der Waals surface area (Å²) in [5, 5.41) is 12.1. The number of aliphatic hydroxyl groups excluding tert-OH is 1. The monoisotopic (exact) mass is 326 g/mol. The molecule has 1 aliphatic heterocycles. The number of benzene rings is 1. The van der Waals surface area contributed by atoms with Crippen LogP contribution in [0.5, 0.6) is 0 Å². The Kier molecular flexibility index (Phi) is 6.37. The maximum absolute atomic E-state index is 12.6. The molecule has 1 atom stereocenters. The Bertz CT molecular complexity index is 551. The third kappa shape index (κ3) is 4.29. The van der Waals surface area contributed by atoms with Crippen LogP contribution >= 0.6 is 0 Å². The second-order valence-corrected chi connectivity index (χ2v) is 7.72. The molecule has 0 spiro atoms. The molecule has 1 aromatic carbocycles. The van der Waals surface area contributed by atoms with Gasteiger partial charge in [-0.3, -0.25) is 0 Å². The first-order chi connectivity index (χ1) is 10.6. The van der Waals surface area contributed by atoms with E-state index in [9.17, 15) is 8.42 Å². The Morgan fingerprint density at radius 2 is 1.82 bits per heavy atom. The Morgan fingerprint density at radius 3 is 2.41 bits per heavy atom. The average molecular weight is 326 g/mol. The number of nitrogens with zero attached hydrogens (tertiary/aromatic N) is 1. The fourth-order valence-corrected chi connectivity index (χ4v) is 4.22. The molecule has 0 radical (unpaired) electrons. The lowest BCUT2D eigenvalue weighted by Crippen LogP contribution is -2.35. The summed E-state index contributed by atoms with van der Waals surface area (Å²) in [5.41, 5.74) is 1.05. The van der Waals surface area contributed by atoms with Crippen LogP contribution in [0.4, 0.5) is 0 Å². The summed E-state index contributed by atoms with van der Waals surface area (Å²) in [7, 11) is -3.35. The molecule has 1 aliphatic rings. The van der Waals surface area contributed by atoms with Gasteiger partial charge in [0, 0.05) is 25.7 Å². The quantitative estimate of drug-likeness (QED) is 0.751. The van der Waals surface area contributed by atoms with Crippen LogP contribution in [0.3, 0.4) is 0 Å². The lowest BCUT2D eigenvalue weighted by molar-refractivity contribution is 0.284. The van der Waals surface area contributed by atoms with Crippen LogP contribution in [0.15, 0.2) is 29.2 Å². The van der Waals surface area contributed by atoms with Gasteiger partial charge in [-0.05, 0) is 50.4 Å². The number of hydrogen-bond donors (Lipinski definition) is 2. The third-order valence-corrected chi connectivity index (χ3v) is 6.03. The van der Waals surface area contributed by atoms with Crippen LogP contribution in [0, 0.1) is 0 Å². The molecule has 2 rings (SSSR count). The predicted octanol–water partition coefficient (Wildman–Crippen LogP) is 1.89. The fraction of sp³-hybridized carbons (Fsp3) is 0.625. The zero-order valence-electron chi connectivity index (χ0n) is 13.2. The van der Waals surface area contributed by atoms with E-state index in [4.69, 9.17) is 5.11 Å².